The molecule has 54 valence electrons. The summed E-state index contributed by atoms with van der Waals surface area (Å²) in [5, 5.41) is 0. The van der Waals surface area contributed by atoms with Gasteiger partial charge in [0, 0.05) is 4.57 Å². The molecule has 0 amide bonds. The molecule has 0 rings (SSSR count). The summed E-state index contributed by atoms with van der Waals surface area (Å²) in [6.07, 6.45) is 0. The summed E-state index contributed by atoms with van der Waals surface area (Å²) in [6, 6.07) is 0. The zero-order valence-electron chi connectivity index (χ0n) is 4.05. The second-order valence-electron chi connectivity index (χ2n) is 0.807. The van der Waals surface area contributed by atoms with E-state index in [-0.39, 0.29) is 0 Å². The van der Waals surface area contributed by atoms with Gasteiger partial charge in [0.15, 0.2) is 0 Å². The molecule has 0 saturated heterocycles. The molecule has 0 aliphatic heterocycles. The molecule has 0 radical (unpaired) electrons. The smallest absolute Gasteiger partial charge is 0.697 e. The third-order valence-corrected chi connectivity index (χ3v) is 0.922. The van der Waals surface area contributed by atoms with Gasteiger partial charge in [-0.15, -0.1) is 4.89 Å². The van der Waals surface area contributed by atoms with Gasteiger partial charge in [-0.3, -0.25) is 4.18 Å². The van der Waals surface area contributed by atoms with Gasteiger partial charge < -0.3 is 4.55 Å². The first-order valence-electron chi connectivity index (χ1n) is 1.64. The second-order valence-corrected chi connectivity index (χ2v) is 2.18. The fourth-order valence-corrected chi connectivity index (χ4v) is 0.447. The molecular formula is CH3O6PS. The van der Waals surface area contributed by atoms with Gasteiger partial charge in [0.2, 0.25) is 6.79 Å². The van der Waals surface area contributed by atoms with E-state index in [0.29, 0.717) is 0 Å². The van der Waals surface area contributed by atoms with Crippen LogP contribution in [0.15, 0.2) is 0 Å². The van der Waals surface area contributed by atoms with E-state index in [2.05, 4.69) is 8.71 Å². The van der Waals surface area contributed by atoms with Gasteiger partial charge in [0.1, 0.15) is 0 Å². The quantitative estimate of drug-likeness (QED) is 0.348. The van der Waals surface area contributed by atoms with E-state index in [4.69, 9.17) is 4.89 Å². The first kappa shape index (κ1) is 9.09. The van der Waals surface area contributed by atoms with Crippen LogP contribution in [0.25, 0.3) is 0 Å². The van der Waals surface area contributed by atoms with Crippen molar-refractivity contribution in [1.29, 1.82) is 0 Å². The van der Waals surface area contributed by atoms with E-state index in [1.54, 1.807) is 0 Å². The molecule has 0 aromatic rings. The van der Waals surface area contributed by atoms with Crippen molar-refractivity contribution in [3.05, 3.63) is 0 Å². The van der Waals surface area contributed by atoms with Crippen LogP contribution in [0.3, 0.4) is 0 Å². The van der Waals surface area contributed by atoms with Crippen molar-refractivity contribution in [3.8, 4) is 0 Å². The van der Waals surface area contributed by atoms with Crippen LogP contribution in [0.4, 0.5) is 0 Å². The standard InChI is InChI=1S/CH3O6PS/c2-8(3)6-1-7-9(4)5/h1H2,(H-,2,3,4,5). The highest BCUT2D eigenvalue weighted by atomic mass is 32.2. The maximum Gasteiger partial charge on any atom is 0.697 e. The van der Waals surface area contributed by atoms with Gasteiger partial charge >= 0.3 is 8.25 Å². The maximum absolute atomic E-state index is 9.63. The van der Waals surface area contributed by atoms with E-state index in [1.165, 1.54) is 0 Å². The Morgan fingerprint density at radius 3 is 2.67 bits per heavy atom. The first-order chi connectivity index (χ1) is 4.13. The molecule has 0 aromatic heterocycles. The first-order valence-corrected chi connectivity index (χ1v) is 3.77. The van der Waals surface area contributed by atoms with E-state index in [9.17, 15) is 13.3 Å². The Balaban J connectivity index is 3.10. The van der Waals surface area contributed by atoms with Crippen molar-refractivity contribution in [1.82, 2.24) is 0 Å². The van der Waals surface area contributed by atoms with Crippen LogP contribution in [-0.4, -0.2) is 20.4 Å². The van der Waals surface area contributed by atoms with Crippen LogP contribution >= 0.6 is 8.25 Å². The van der Waals surface area contributed by atoms with Crippen LogP contribution in [0, 0.1) is 0 Å². The van der Waals surface area contributed by atoms with Crippen molar-refractivity contribution in [2.24, 2.45) is 0 Å². The fourth-order valence-electron chi connectivity index (χ4n) is 0.106. The zero-order chi connectivity index (χ0) is 7.28. The minimum Gasteiger partial charge on any atom is -0.750 e. The number of hydrogen-bond acceptors (Lipinski definition) is 5. The number of hydrogen-bond donors (Lipinski definition) is 1. The maximum atomic E-state index is 9.63. The van der Waals surface area contributed by atoms with E-state index >= 15 is 0 Å². The van der Waals surface area contributed by atoms with Crippen molar-refractivity contribution in [3.63, 3.8) is 0 Å². The molecule has 8 heteroatoms. The topological polar surface area (TPSA) is 95.9 Å². The highest BCUT2D eigenvalue weighted by Gasteiger charge is 2.10. The fraction of sp³-hybridized carbons (Fsp3) is 1.00. The van der Waals surface area contributed by atoms with Gasteiger partial charge in [0.25, 0.3) is 0 Å². The molecule has 9 heavy (non-hydrogen) atoms. The third-order valence-electron chi connectivity index (χ3n) is 0.307. The van der Waals surface area contributed by atoms with Crippen LogP contribution in [0.2, 0.25) is 0 Å². The van der Waals surface area contributed by atoms with Gasteiger partial charge in [-0.2, -0.15) is 0 Å². The molecule has 2 atom stereocenters. The van der Waals surface area contributed by atoms with E-state index in [0.717, 1.165) is 0 Å². The molecule has 1 N–H and O–H groups in total. The molecule has 0 spiro atoms. The van der Waals surface area contributed by atoms with Crippen molar-refractivity contribution < 1.29 is 26.9 Å². The summed E-state index contributed by atoms with van der Waals surface area (Å²) in [6.45, 7) is -0.734. The monoisotopic (exact) mass is 174 g/mol. The summed E-state index contributed by atoms with van der Waals surface area (Å²) < 4.78 is 36.1. The zero-order valence-corrected chi connectivity index (χ0v) is 5.76. The Hall–Kier alpha value is 0.0900. The van der Waals surface area contributed by atoms with Crippen molar-refractivity contribution in [2.75, 3.05) is 6.79 Å². The molecule has 0 aromatic carbocycles. The summed E-state index contributed by atoms with van der Waals surface area (Å²) in [5.74, 6) is 0. The molecule has 0 fully saturated rings. The average molecular weight is 174 g/mol. The lowest BCUT2D eigenvalue weighted by Gasteiger charge is -1.98. The van der Waals surface area contributed by atoms with Gasteiger partial charge in [-0.05, 0) is 0 Å². The molecule has 0 aliphatic rings. The summed E-state index contributed by atoms with van der Waals surface area (Å²) in [5.41, 5.74) is 0. The lowest BCUT2D eigenvalue weighted by Crippen LogP contribution is -1.97. The molecule has 0 saturated carbocycles. The Morgan fingerprint density at radius 2 is 2.33 bits per heavy atom. The van der Waals surface area contributed by atoms with Crippen LogP contribution in [-0.2, 0) is 24.6 Å². The van der Waals surface area contributed by atoms with Crippen LogP contribution in [0.1, 0.15) is 0 Å². The number of rotatable bonds is 4. The SMILES string of the molecule is O=[P+](O)OCOS(=O)[O-]. The molecule has 0 aliphatic carbocycles. The van der Waals surface area contributed by atoms with Gasteiger partial charge in [-0.25, -0.2) is 4.21 Å². The molecule has 0 heterocycles. The van der Waals surface area contributed by atoms with Gasteiger partial charge in [0.05, 0.1) is 11.4 Å². The minimum absolute atomic E-state index is 0.734. The van der Waals surface area contributed by atoms with Crippen LogP contribution < -0.4 is 0 Å². The Morgan fingerprint density at radius 1 is 1.78 bits per heavy atom. The lowest BCUT2D eigenvalue weighted by molar-refractivity contribution is 0.117. The average Bonchev–Trinajstić information content (AvgIpc) is 1.63. The van der Waals surface area contributed by atoms with Gasteiger partial charge in [-0.1, -0.05) is 4.52 Å². The van der Waals surface area contributed by atoms with Crippen LogP contribution in [0.5, 0.6) is 0 Å². The second kappa shape index (κ2) is 4.92. The van der Waals surface area contributed by atoms with Crippen molar-refractivity contribution >= 4 is 19.6 Å². The molecule has 0 bridgehead atoms. The highest BCUT2D eigenvalue weighted by molar-refractivity contribution is 7.74. The Labute approximate surface area is 54.2 Å². The Bertz CT molecular complexity index is 108. The third kappa shape index (κ3) is 8.09. The minimum atomic E-state index is -2.78. The predicted molar refractivity (Wildman–Crippen MR) is 25.8 cm³/mol. The highest BCUT2D eigenvalue weighted by Crippen LogP contribution is 2.13. The Kier molecular flexibility index (Phi) is 4.97. The van der Waals surface area contributed by atoms with E-state index < -0.39 is 26.4 Å². The lowest BCUT2D eigenvalue weighted by atomic mass is 11.6. The van der Waals surface area contributed by atoms with Crippen molar-refractivity contribution in [2.45, 2.75) is 0 Å². The van der Waals surface area contributed by atoms with E-state index in [1.807, 2.05) is 0 Å². The molecule has 2 unspecified atom stereocenters. The summed E-state index contributed by atoms with van der Waals surface area (Å²) in [7, 11) is -2.78. The largest absolute Gasteiger partial charge is 0.750 e. The summed E-state index contributed by atoms with van der Waals surface area (Å²) >= 11 is -2.70. The molecule has 6 nitrogen and oxygen atoms in total. The summed E-state index contributed by atoms with van der Waals surface area (Å²) in [4.78, 5) is 7.87. The predicted octanol–water partition coefficient (Wildman–Crippen LogP) is -0.579. The normalized spacial score (nSPS) is 15.1. The molecular weight excluding hydrogens is 171 g/mol.